The molecule has 7 heteroatoms. The largest absolute Gasteiger partial charge is 0.390 e. The molecule has 2 unspecified atom stereocenters. The van der Waals surface area contributed by atoms with E-state index < -0.39 is 23.8 Å². The molecule has 0 aliphatic heterocycles. The van der Waals surface area contributed by atoms with Crippen LogP contribution in [0.15, 0.2) is 18.2 Å². The molecule has 0 spiro atoms. The van der Waals surface area contributed by atoms with Crippen LogP contribution in [0.4, 0.5) is 8.78 Å². The minimum absolute atomic E-state index is 0.131. The number of benzene rings is 1. The number of ether oxygens (including phenoxy) is 1. The molecular formula is C22H34F2N2O3. The Balaban J connectivity index is 1.87. The highest BCUT2D eigenvalue weighted by atomic mass is 19.1. The molecule has 0 heterocycles. The number of aliphatic hydroxyl groups is 1. The van der Waals surface area contributed by atoms with Gasteiger partial charge in [-0.25, -0.2) is 8.78 Å². The van der Waals surface area contributed by atoms with Gasteiger partial charge in [0, 0.05) is 31.7 Å². The van der Waals surface area contributed by atoms with Gasteiger partial charge >= 0.3 is 0 Å². The average molecular weight is 413 g/mol. The van der Waals surface area contributed by atoms with E-state index in [4.69, 9.17) is 4.74 Å². The molecule has 5 nitrogen and oxygen atoms in total. The van der Waals surface area contributed by atoms with E-state index in [2.05, 4.69) is 31.4 Å². The lowest BCUT2D eigenvalue weighted by Gasteiger charge is -2.27. The molecule has 1 amide bonds. The van der Waals surface area contributed by atoms with Gasteiger partial charge in [0.25, 0.3) is 0 Å². The number of hydrogen-bond donors (Lipinski definition) is 3. The Labute approximate surface area is 172 Å². The average Bonchev–Trinajstić information content (AvgIpc) is 3.34. The molecule has 1 saturated carbocycles. The lowest BCUT2D eigenvalue weighted by molar-refractivity contribution is -0.120. The van der Waals surface area contributed by atoms with Crippen molar-refractivity contribution in [1.82, 2.24) is 10.6 Å². The second kappa shape index (κ2) is 9.96. The summed E-state index contributed by atoms with van der Waals surface area (Å²) in [5.41, 5.74) is 0.472. The van der Waals surface area contributed by atoms with Crippen LogP contribution in [0.3, 0.4) is 0 Å². The van der Waals surface area contributed by atoms with Gasteiger partial charge in [-0.15, -0.1) is 0 Å². The van der Waals surface area contributed by atoms with Crippen molar-refractivity contribution in [2.24, 2.45) is 5.41 Å². The van der Waals surface area contributed by atoms with Gasteiger partial charge in [0.15, 0.2) is 0 Å². The molecule has 1 fully saturated rings. The van der Waals surface area contributed by atoms with Gasteiger partial charge < -0.3 is 20.5 Å². The Bertz CT molecular complexity index is 667. The van der Waals surface area contributed by atoms with Crippen LogP contribution < -0.4 is 10.6 Å². The zero-order valence-corrected chi connectivity index (χ0v) is 17.9. The van der Waals surface area contributed by atoms with E-state index in [1.165, 1.54) is 19.1 Å². The van der Waals surface area contributed by atoms with E-state index in [9.17, 15) is 18.7 Å². The van der Waals surface area contributed by atoms with Crippen LogP contribution in [0.2, 0.25) is 0 Å². The normalized spacial score (nSPS) is 17.6. The van der Waals surface area contributed by atoms with Crippen molar-refractivity contribution < 1.29 is 23.4 Å². The Kier molecular flexibility index (Phi) is 8.14. The number of carbonyl (C=O) groups excluding carboxylic acids is 1. The SMILES string of the molecule is CC(=O)NC(Cc1cc(F)cc(F)c1)C(O)CNC1(COCCC(C)(C)C)CC1. The fourth-order valence-corrected chi connectivity index (χ4v) is 3.16. The Morgan fingerprint density at radius 3 is 2.38 bits per heavy atom. The van der Waals surface area contributed by atoms with Crippen LogP contribution in [0.5, 0.6) is 0 Å². The van der Waals surface area contributed by atoms with Gasteiger partial charge in [-0.05, 0) is 48.8 Å². The number of β-amino-alcohol motifs (C(OH)–C–C–N with tert-alkyl or cyclic N) is 1. The summed E-state index contributed by atoms with van der Waals surface area (Å²) in [4.78, 5) is 11.5. The molecule has 2 rings (SSSR count). The standard InChI is InChI=1S/C22H34F2N2O3/c1-15(27)26-19(11-16-9-17(23)12-18(24)10-16)20(28)13-25-22(5-6-22)14-29-8-7-21(2,3)4/h9-10,12,19-20,25,28H,5-8,11,13-14H2,1-4H3,(H,26,27). The molecule has 0 saturated heterocycles. The molecule has 1 aromatic rings. The number of rotatable bonds is 11. The minimum atomic E-state index is -0.905. The van der Waals surface area contributed by atoms with Crippen molar-refractivity contribution in [3.8, 4) is 0 Å². The molecule has 164 valence electrons. The lowest BCUT2D eigenvalue weighted by atomic mass is 9.93. The first-order valence-corrected chi connectivity index (χ1v) is 10.2. The fourth-order valence-electron chi connectivity index (χ4n) is 3.16. The molecule has 29 heavy (non-hydrogen) atoms. The molecule has 0 bridgehead atoms. The Hall–Kier alpha value is -1.57. The lowest BCUT2D eigenvalue weighted by Crippen LogP contribution is -2.50. The maximum atomic E-state index is 13.5. The van der Waals surface area contributed by atoms with Crippen molar-refractivity contribution >= 4 is 5.91 Å². The number of halogens is 2. The summed E-state index contributed by atoms with van der Waals surface area (Å²) in [7, 11) is 0. The van der Waals surface area contributed by atoms with Crippen molar-refractivity contribution in [2.75, 3.05) is 19.8 Å². The van der Waals surface area contributed by atoms with Gasteiger partial charge in [-0.1, -0.05) is 20.8 Å². The Morgan fingerprint density at radius 1 is 1.24 bits per heavy atom. The van der Waals surface area contributed by atoms with Crippen LogP contribution >= 0.6 is 0 Å². The molecule has 2 atom stereocenters. The number of hydrogen-bond acceptors (Lipinski definition) is 4. The summed E-state index contributed by atoms with van der Waals surface area (Å²) < 4.78 is 32.7. The zero-order valence-electron chi connectivity index (χ0n) is 17.9. The maximum Gasteiger partial charge on any atom is 0.217 e. The molecule has 3 N–H and O–H groups in total. The van der Waals surface area contributed by atoms with Crippen molar-refractivity contribution in [3.63, 3.8) is 0 Å². The predicted octanol–water partition coefficient (Wildman–Crippen LogP) is 2.95. The fraction of sp³-hybridized carbons (Fsp3) is 0.682. The van der Waals surface area contributed by atoms with Crippen molar-refractivity contribution in [1.29, 1.82) is 0 Å². The molecule has 0 aromatic heterocycles. The highest BCUT2D eigenvalue weighted by Gasteiger charge is 2.43. The summed E-state index contributed by atoms with van der Waals surface area (Å²) in [6.45, 7) is 9.39. The molecular weight excluding hydrogens is 378 g/mol. The summed E-state index contributed by atoms with van der Waals surface area (Å²) in [6, 6.07) is 2.57. The topological polar surface area (TPSA) is 70.6 Å². The molecule has 0 radical (unpaired) electrons. The summed E-state index contributed by atoms with van der Waals surface area (Å²) >= 11 is 0. The van der Waals surface area contributed by atoms with Gasteiger partial charge in [-0.3, -0.25) is 4.79 Å². The smallest absolute Gasteiger partial charge is 0.217 e. The number of nitrogens with one attached hydrogen (secondary N) is 2. The second-order valence-electron chi connectivity index (χ2n) is 9.38. The van der Waals surface area contributed by atoms with Crippen LogP contribution in [0.1, 0.15) is 52.5 Å². The third kappa shape index (κ3) is 8.76. The third-order valence-corrected chi connectivity index (χ3v) is 5.15. The predicted molar refractivity (Wildman–Crippen MR) is 109 cm³/mol. The third-order valence-electron chi connectivity index (χ3n) is 5.15. The van der Waals surface area contributed by atoms with Gasteiger partial charge in [0.1, 0.15) is 11.6 Å². The van der Waals surface area contributed by atoms with Crippen LogP contribution in [0.25, 0.3) is 0 Å². The maximum absolute atomic E-state index is 13.5. The van der Waals surface area contributed by atoms with Crippen molar-refractivity contribution in [2.45, 2.75) is 71.1 Å². The van der Waals surface area contributed by atoms with E-state index in [-0.39, 0.29) is 29.8 Å². The second-order valence-corrected chi connectivity index (χ2v) is 9.38. The zero-order chi connectivity index (χ0) is 21.7. The number of aliphatic hydroxyl groups excluding tert-OH is 1. The monoisotopic (exact) mass is 412 g/mol. The van der Waals surface area contributed by atoms with Gasteiger partial charge in [-0.2, -0.15) is 0 Å². The van der Waals surface area contributed by atoms with Crippen LogP contribution in [-0.2, 0) is 16.0 Å². The van der Waals surface area contributed by atoms with E-state index in [0.29, 0.717) is 18.8 Å². The number of amides is 1. The first-order chi connectivity index (χ1) is 13.5. The van der Waals surface area contributed by atoms with E-state index >= 15 is 0 Å². The first kappa shape index (κ1) is 23.7. The highest BCUT2D eigenvalue weighted by molar-refractivity contribution is 5.73. The molecule has 1 aromatic carbocycles. The van der Waals surface area contributed by atoms with Crippen LogP contribution in [-0.4, -0.2) is 48.5 Å². The first-order valence-electron chi connectivity index (χ1n) is 10.2. The van der Waals surface area contributed by atoms with E-state index in [1.54, 1.807) is 0 Å². The number of carbonyl (C=O) groups is 1. The van der Waals surface area contributed by atoms with Gasteiger partial charge in [0.2, 0.25) is 5.91 Å². The quantitative estimate of drug-likeness (QED) is 0.489. The molecule has 1 aliphatic rings. The van der Waals surface area contributed by atoms with Crippen LogP contribution in [0, 0.1) is 17.0 Å². The van der Waals surface area contributed by atoms with Gasteiger partial charge in [0.05, 0.1) is 18.8 Å². The Morgan fingerprint density at radius 2 is 1.86 bits per heavy atom. The summed E-state index contributed by atoms with van der Waals surface area (Å²) in [5, 5.41) is 16.7. The minimum Gasteiger partial charge on any atom is -0.390 e. The van der Waals surface area contributed by atoms with E-state index in [1.807, 2.05) is 0 Å². The van der Waals surface area contributed by atoms with E-state index in [0.717, 1.165) is 25.3 Å². The van der Waals surface area contributed by atoms with Crippen molar-refractivity contribution in [3.05, 3.63) is 35.4 Å². The highest BCUT2D eigenvalue weighted by Crippen LogP contribution is 2.35. The molecule has 1 aliphatic carbocycles. The summed E-state index contributed by atoms with van der Waals surface area (Å²) in [5.74, 6) is -1.67. The summed E-state index contributed by atoms with van der Waals surface area (Å²) in [6.07, 6.45) is 2.13.